The van der Waals surface area contributed by atoms with Gasteiger partial charge in [-0.2, -0.15) is 0 Å². The number of hydrogen-bond acceptors (Lipinski definition) is 1. The van der Waals surface area contributed by atoms with Gasteiger partial charge in [0.05, 0.1) is 16.6 Å². The molecule has 0 atom stereocenters. The van der Waals surface area contributed by atoms with Crippen LogP contribution >= 0.6 is 31.9 Å². The van der Waals surface area contributed by atoms with E-state index in [0.29, 0.717) is 5.33 Å². The van der Waals surface area contributed by atoms with E-state index in [9.17, 15) is 18.0 Å². The summed E-state index contributed by atoms with van der Waals surface area (Å²) >= 11 is 6.03. The smallest absolute Gasteiger partial charge is 0.255 e. The van der Waals surface area contributed by atoms with E-state index in [2.05, 4.69) is 31.9 Å². The molecule has 1 aromatic rings. The van der Waals surface area contributed by atoms with Gasteiger partial charge in [-0.1, -0.05) is 22.0 Å². The van der Waals surface area contributed by atoms with E-state index in [-0.39, 0.29) is 16.6 Å². The van der Waals surface area contributed by atoms with Crippen LogP contribution < -0.4 is 0 Å². The minimum atomic E-state index is -2.62. The Kier molecular flexibility index (Phi) is 6.14. The van der Waals surface area contributed by atoms with Crippen molar-refractivity contribution >= 4 is 37.8 Å². The fraction of sp³-hybridized carbons (Fsp3) is 0.364. The maximum Gasteiger partial charge on any atom is 0.255 e. The first-order valence-corrected chi connectivity index (χ1v) is 6.96. The largest absolute Gasteiger partial charge is 0.332 e. The number of nitrogens with zero attached hydrogens (tertiary/aromatic N) is 1. The average molecular weight is 389 g/mol. The highest BCUT2D eigenvalue weighted by atomic mass is 79.9. The molecule has 0 aliphatic carbocycles. The monoisotopic (exact) mass is 387 g/mol. The number of hydrogen-bond donors (Lipinski definition) is 0. The van der Waals surface area contributed by atoms with Crippen LogP contribution in [0.3, 0.4) is 0 Å². The molecule has 100 valence electrons. The first-order chi connectivity index (χ1) is 8.47. The Morgan fingerprint density at radius 3 is 2.61 bits per heavy atom. The van der Waals surface area contributed by atoms with Crippen molar-refractivity contribution in [2.45, 2.75) is 6.43 Å². The Morgan fingerprint density at radius 2 is 2.06 bits per heavy atom. The third-order valence-electron chi connectivity index (χ3n) is 2.18. The van der Waals surface area contributed by atoms with E-state index < -0.39 is 24.7 Å². The van der Waals surface area contributed by atoms with Crippen LogP contribution in [-0.2, 0) is 0 Å². The molecule has 7 heteroatoms. The maximum absolute atomic E-state index is 13.3. The number of carbonyl (C=O) groups excluding carboxylic acids is 1. The second kappa shape index (κ2) is 7.13. The molecule has 0 unspecified atom stereocenters. The molecule has 0 saturated heterocycles. The molecule has 0 fully saturated rings. The van der Waals surface area contributed by atoms with Crippen molar-refractivity contribution in [1.29, 1.82) is 0 Å². The standard InChI is InChI=1S/C11H10Br2F3NO/c12-4-5-17(6-9(15)16)11(18)7-2-1-3-8(14)10(7)13/h1-3,9H,4-6H2. The zero-order chi connectivity index (χ0) is 13.7. The molecule has 1 amide bonds. The summed E-state index contributed by atoms with van der Waals surface area (Å²) in [5.74, 6) is -1.22. The van der Waals surface area contributed by atoms with E-state index in [1.54, 1.807) is 0 Å². The van der Waals surface area contributed by atoms with E-state index in [4.69, 9.17) is 0 Å². The summed E-state index contributed by atoms with van der Waals surface area (Å²) < 4.78 is 38.0. The van der Waals surface area contributed by atoms with E-state index in [1.807, 2.05) is 0 Å². The molecule has 0 N–H and O–H groups in total. The van der Waals surface area contributed by atoms with Gasteiger partial charge < -0.3 is 4.90 Å². The molecular weight excluding hydrogens is 379 g/mol. The van der Waals surface area contributed by atoms with Gasteiger partial charge in [-0.05, 0) is 28.1 Å². The summed E-state index contributed by atoms with van der Waals surface area (Å²) in [5, 5.41) is 0.373. The van der Waals surface area contributed by atoms with Gasteiger partial charge in [0.2, 0.25) is 0 Å². The molecule has 0 bridgehead atoms. The lowest BCUT2D eigenvalue weighted by Gasteiger charge is -2.21. The van der Waals surface area contributed by atoms with Crippen LogP contribution in [0.4, 0.5) is 13.2 Å². The van der Waals surface area contributed by atoms with Crippen molar-refractivity contribution in [2.24, 2.45) is 0 Å². The fourth-order valence-corrected chi connectivity index (χ4v) is 2.25. The summed E-state index contributed by atoms with van der Waals surface area (Å²) in [6.45, 7) is -0.542. The predicted molar refractivity (Wildman–Crippen MR) is 69.8 cm³/mol. The number of alkyl halides is 3. The van der Waals surface area contributed by atoms with Crippen molar-refractivity contribution < 1.29 is 18.0 Å². The summed E-state index contributed by atoms with van der Waals surface area (Å²) in [7, 11) is 0. The topological polar surface area (TPSA) is 20.3 Å². The van der Waals surface area contributed by atoms with Crippen molar-refractivity contribution in [3.05, 3.63) is 34.1 Å². The van der Waals surface area contributed by atoms with Crippen LogP contribution in [0.2, 0.25) is 0 Å². The highest BCUT2D eigenvalue weighted by Gasteiger charge is 2.22. The number of rotatable bonds is 5. The number of halogens is 5. The molecule has 0 radical (unpaired) electrons. The Balaban J connectivity index is 2.98. The van der Waals surface area contributed by atoms with Gasteiger partial charge in [0.1, 0.15) is 5.82 Å². The van der Waals surface area contributed by atoms with Crippen molar-refractivity contribution in [3.8, 4) is 0 Å². The third-order valence-corrected chi connectivity index (χ3v) is 3.34. The van der Waals surface area contributed by atoms with Crippen LogP contribution in [0, 0.1) is 5.82 Å². The molecule has 0 aromatic heterocycles. The summed E-state index contributed by atoms with van der Waals surface area (Å²) in [6.07, 6.45) is -2.62. The Hall–Kier alpha value is -0.560. The lowest BCUT2D eigenvalue weighted by atomic mass is 10.2. The number of carbonyl (C=O) groups is 1. The summed E-state index contributed by atoms with van der Waals surface area (Å²) in [4.78, 5) is 13.0. The number of amides is 1. The lowest BCUT2D eigenvalue weighted by Crippen LogP contribution is -2.36. The van der Waals surface area contributed by atoms with Gasteiger partial charge >= 0.3 is 0 Å². The highest BCUT2D eigenvalue weighted by Crippen LogP contribution is 2.22. The van der Waals surface area contributed by atoms with Gasteiger partial charge in [0.15, 0.2) is 0 Å². The third kappa shape index (κ3) is 3.98. The Bertz CT molecular complexity index is 429. The molecular formula is C11H10Br2F3NO. The van der Waals surface area contributed by atoms with Gasteiger partial charge in [0, 0.05) is 11.9 Å². The van der Waals surface area contributed by atoms with Gasteiger partial charge in [-0.15, -0.1) is 0 Å². The van der Waals surface area contributed by atoms with Crippen molar-refractivity contribution in [3.63, 3.8) is 0 Å². The molecule has 0 aliphatic heterocycles. The SMILES string of the molecule is O=C(c1cccc(F)c1Br)N(CCBr)CC(F)F. The van der Waals surface area contributed by atoms with Crippen molar-refractivity contribution in [2.75, 3.05) is 18.4 Å². The molecule has 2 nitrogen and oxygen atoms in total. The molecule has 1 aromatic carbocycles. The normalized spacial score (nSPS) is 10.8. The number of benzene rings is 1. The molecule has 0 saturated carbocycles. The van der Waals surface area contributed by atoms with Crippen LogP contribution in [0.5, 0.6) is 0 Å². The Morgan fingerprint density at radius 1 is 1.39 bits per heavy atom. The van der Waals surface area contributed by atoms with E-state index in [1.165, 1.54) is 18.2 Å². The minimum absolute atomic E-state index is 0.0103. The first-order valence-electron chi connectivity index (χ1n) is 5.04. The van der Waals surface area contributed by atoms with E-state index >= 15 is 0 Å². The van der Waals surface area contributed by atoms with Gasteiger partial charge in [-0.3, -0.25) is 4.79 Å². The maximum atomic E-state index is 13.3. The Labute approximate surface area is 119 Å². The zero-order valence-electron chi connectivity index (χ0n) is 9.18. The summed E-state index contributed by atoms with van der Waals surface area (Å²) in [5.41, 5.74) is 0.0385. The minimum Gasteiger partial charge on any atom is -0.332 e. The van der Waals surface area contributed by atoms with E-state index in [0.717, 1.165) is 4.90 Å². The van der Waals surface area contributed by atoms with Gasteiger partial charge in [0.25, 0.3) is 12.3 Å². The van der Waals surface area contributed by atoms with Crippen LogP contribution in [-0.4, -0.2) is 35.7 Å². The van der Waals surface area contributed by atoms with Gasteiger partial charge in [-0.25, -0.2) is 13.2 Å². The van der Waals surface area contributed by atoms with Crippen LogP contribution in [0.15, 0.2) is 22.7 Å². The highest BCUT2D eigenvalue weighted by molar-refractivity contribution is 9.10. The molecule has 0 spiro atoms. The second-order valence-corrected chi connectivity index (χ2v) is 5.02. The first kappa shape index (κ1) is 15.5. The fourth-order valence-electron chi connectivity index (χ4n) is 1.38. The quantitative estimate of drug-likeness (QED) is 0.704. The van der Waals surface area contributed by atoms with Crippen LogP contribution in [0.25, 0.3) is 0 Å². The molecule has 0 aliphatic rings. The molecule has 1 rings (SSSR count). The second-order valence-electron chi connectivity index (χ2n) is 3.43. The lowest BCUT2D eigenvalue weighted by molar-refractivity contribution is 0.0571. The average Bonchev–Trinajstić information content (AvgIpc) is 2.31. The summed E-state index contributed by atoms with van der Waals surface area (Å²) in [6, 6.07) is 3.94. The predicted octanol–water partition coefficient (Wildman–Crippen LogP) is 3.69. The van der Waals surface area contributed by atoms with Crippen LogP contribution in [0.1, 0.15) is 10.4 Å². The molecule has 18 heavy (non-hydrogen) atoms. The molecule has 0 heterocycles. The zero-order valence-corrected chi connectivity index (χ0v) is 12.3. The van der Waals surface area contributed by atoms with Crippen molar-refractivity contribution in [1.82, 2.24) is 4.90 Å².